The predicted molar refractivity (Wildman–Crippen MR) is 89.5 cm³/mol. The van der Waals surface area contributed by atoms with Crippen LogP contribution in [0.15, 0.2) is 30.3 Å². The first-order valence-corrected chi connectivity index (χ1v) is 7.40. The molecule has 0 spiro atoms. The number of carbonyl (C=O) groups excluding carboxylic acids is 1. The van der Waals surface area contributed by atoms with Gasteiger partial charge in [0.25, 0.3) is 5.91 Å². The average Bonchev–Trinajstić information content (AvgIpc) is 2.60. The first kappa shape index (κ1) is 18.7. The Bertz CT molecular complexity index is 837. The van der Waals surface area contributed by atoms with Crippen molar-refractivity contribution in [3.8, 4) is 12.3 Å². The van der Waals surface area contributed by atoms with Crippen molar-refractivity contribution in [1.82, 2.24) is 5.48 Å². The lowest BCUT2D eigenvalue weighted by atomic mass is 10.1. The topological polar surface area (TPSA) is 70.6 Å². The van der Waals surface area contributed by atoms with Crippen molar-refractivity contribution in [1.29, 1.82) is 0 Å². The van der Waals surface area contributed by atoms with Crippen molar-refractivity contribution in [2.45, 2.75) is 0 Å². The van der Waals surface area contributed by atoms with Gasteiger partial charge in [-0.15, -0.1) is 6.42 Å². The minimum atomic E-state index is -1.26. The van der Waals surface area contributed by atoms with Crippen molar-refractivity contribution in [2.24, 2.45) is 0 Å². The zero-order chi connectivity index (χ0) is 18.4. The molecule has 0 aliphatic heterocycles. The predicted octanol–water partition coefficient (Wildman–Crippen LogP) is 3.00. The molecule has 25 heavy (non-hydrogen) atoms. The second kappa shape index (κ2) is 8.44. The number of aliphatic hydroxyl groups excluding tert-OH is 1. The Hall–Kier alpha value is -2.66. The van der Waals surface area contributed by atoms with Crippen LogP contribution in [0, 0.1) is 24.0 Å². The third-order valence-corrected chi connectivity index (χ3v) is 3.41. The summed E-state index contributed by atoms with van der Waals surface area (Å²) in [5.41, 5.74) is 2.12. The van der Waals surface area contributed by atoms with Crippen molar-refractivity contribution in [3.05, 3.63) is 58.1 Å². The number of hydrogen-bond acceptors (Lipinski definition) is 4. The van der Waals surface area contributed by atoms with Crippen molar-refractivity contribution in [2.75, 3.05) is 18.5 Å². The first-order valence-electron chi connectivity index (χ1n) is 7.02. The molecule has 2 rings (SSSR count). The summed E-state index contributed by atoms with van der Waals surface area (Å²) in [5, 5.41) is 11.4. The summed E-state index contributed by atoms with van der Waals surface area (Å²) in [6.45, 7) is -0.474. The van der Waals surface area contributed by atoms with Gasteiger partial charge < -0.3 is 10.4 Å². The smallest absolute Gasteiger partial charge is 0.277 e. The molecule has 1 amide bonds. The molecule has 0 aliphatic carbocycles. The van der Waals surface area contributed by atoms with Crippen molar-refractivity contribution >= 4 is 28.9 Å². The van der Waals surface area contributed by atoms with Crippen LogP contribution in [-0.2, 0) is 4.84 Å². The van der Waals surface area contributed by atoms with E-state index < -0.39 is 23.2 Å². The van der Waals surface area contributed by atoms with Gasteiger partial charge >= 0.3 is 0 Å². The maximum Gasteiger partial charge on any atom is 0.277 e. The number of hydrogen-bond donors (Lipinski definition) is 3. The van der Waals surface area contributed by atoms with E-state index in [2.05, 4.69) is 16.1 Å². The molecule has 0 saturated heterocycles. The van der Waals surface area contributed by atoms with Crippen LogP contribution in [0.1, 0.15) is 15.9 Å². The molecule has 3 N–H and O–H groups in total. The number of rotatable bonds is 6. The van der Waals surface area contributed by atoms with E-state index in [1.807, 2.05) is 5.48 Å². The van der Waals surface area contributed by atoms with E-state index >= 15 is 0 Å². The summed E-state index contributed by atoms with van der Waals surface area (Å²) in [7, 11) is 0. The highest BCUT2D eigenvalue weighted by Gasteiger charge is 2.20. The van der Waals surface area contributed by atoms with Gasteiger partial charge in [0.15, 0.2) is 11.6 Å². The van der Waals surface area contributed by atoms with Crippen LogP contribution in [0.25, 0.3) is 0 Å². The Balaban J connectivity index is 2.37. The number of carbonyl (C=O) groups is 1. The molecular formula is C17H13ClF2N2O3. The summed E-state index contributed by atoms with van der Waals surface area (Å²) in [4.78, 5) is 16.8. The van der Waals surface area contributed by atoms with E-state index in [-0.39, 0.29) is 29.5 Å². The zero-order valence-electron chi connectivity index (χ0n) is 12.8. The maximum absolute atomic E-state index is 14.2. The van der Waals surface area contributed by atoms with E-state index in [0.29, 0.717) is 5.56 Å². The quantitative estimate of drug-likeness (QED) is 0.417. The fourth-order valence-corrected chi connectivity index (χ4v) is 2.15. The van der Waals surface area contributed by atoms with E-state index in [1.54, 1.807) is 6.07 Å². The molecule has 0 atom stereocenters. The Morgan fingerprint density at radius 2 is 2.08 bits per heavy atom. The number of nitrogens with one attached hydrogen (secondary N) is 2. The van der Waals surface area contributed by atoms with E-state index in [1.165, 1.54) is 12.1 Å². The molecular weight excluding hydrogens is 354 g/mol. The molecule has 5 nitrogen and oxygen atoms in total. The second-order valence-electron chi connectivity index (χ2n) is 4.75. The SMILES string of the molecule is C#Cc1ccc(Nc2c(C(=O)NOCCO)ccc(F)c2F)c(Cl)c1. The van der Waals surface area contributed by atoms with Gasteiger partial charge in [-0.3, -0.25) is 9.63 Å². The highest BCUT2D eigenvalue weighted by atomic mass is 35.5. The van der Waals surface area contributed by atoms with Gasteiger partial charge in [-0.05, 0) is 30.3 Å². The standard InChI is InChI=1S/C17H13ClF2N2O3/c1-2-10-3-6-14(12(18)9-10)21-16-11(4-5-13(19)15(16)20)17(24)22-25-8-7-23/h1,3-6,9,21,23H,7-8H2,(H,22,24). The minimum absolute atomic E-state index is 0.155. The summed E-state index contributed by atoms with van der Waals surface area (Å²) in [6, 6.07) is 6.39. The third-order valence-electron chi connectivity index (χ3n) is 3.09. The van der Waals surface area contributed by atoms with Crippen LogP contribution in [0.3, 0.4) is 0 Å². The highest BCUT2D eigenvalue weighted by Crippen LogP contribution is 2.31. The molecule has 0 fully saturated rings. The number of aliphatic hydroxyl groups is 1. The van der Waals surface area contributed by atoms with E-state index in [4.69, 9.17) is 23.1 Å². The van der Waals surface area contributed by atoms with Crippen LogP contribution < -0.4 is 10.8 Å². The molecule has 130 valence electrons. The van der Waals surface area contributed by atoms with Crippen LogP contribution in [-0.4, -0.2) is 24.2 Å². The van der Waals surface area contributed by atoms with Gasteiger partial charge in [0.05, 0.1) is 35.2 Å². The summed E-state index contributed by atoms with van der Waals surface area (Å²) < 4.78 is 27.8. The van der Waals surface area contributed by atoms with Crippen molar-refractivity contribution < 1.29 is 23.5 Å². The summed E-state index contributed by atoms with van der Waals surface area (Å²) >= 11 is 6.06. The van der Waals surface area contributed by atoms with Crippen LogP contribution >= 0.6 is 11.6 Å². The Kier molecular flexibility index (Phi) is 6.31. The zero-order valence-corrected chi connectivity index (χ0v) is 13.5. The number of terminal acetylenes is 1. The van der Waals surface area contributed by atoms with Crippen LogP contribution in [0.2, 0.25) is 5.02 Å². The van der Waals surface area contributed by atoms with E-state index in [0.717, 1.165) is 12.1 Å². The number of hydroxylamine groups is 1. The molecule has 0 radical (unpaired) electrons. The Morgan fingerprint density at radius 3 is 2.72 bits per heavy atom. The highest BCUT2D eigenvalue weighted by molar-refractivity contribution is 6.33. The van der Waals surface area contributed by atoms with Crippen molar-refractivity contribution in [3.63, 3.8) is 0 Å². The average molecular weight is 367 g/mol. The molecule has 0 aliphatic rings. The van der Waals surface area contributed by atoms with Gasteiger partial charge in [-0.2, -0.15) is 0 Å². The number of halogens is 3. The summed E-state index contributed by atoms with van der Waals surface area (Å²) in [5.74, 6) is -0.841. The molecule has 2 aromatic carbocycles. The summed E-state index contributed by atoms with van der Waals surface area (Å²) in [6.07, 6.45) is 5.26. The molecule has 0 heterocycles. The van der Waals surface area contributed by atoms with Gasteiger partial charge in [0.2, 0.25) is 0 Å². The van der Waals surface area contributed by atoms with Gasteiger partial charge in [0.1, 0.15) is 0 Å². The third kappa shape index (κ3) is 4.45. The fourth-order valence-electron chi connectivity index (χ4n) is 1.92. The molecule has 0 unspecified atom stereocenters. The molecule has 0 aromatic heterocycles. The largest absolute Gasteiger partial charge is 0.394 e. The lowest BCUT2D eigenvalue weighted by Gasteiger charge is -2.14. The number of benzene rings is 2. The van der Waals surface area contributed by atoms with Crippen LogP contribution in [0.5, 0.6) is 0 Å². The maximum atomic E-state index is 14.2. The van der Waals surface area contributed by atoms with E-state index in [9.17, 15) is 13.6 Å². The van der Waals surface area contributed by atoms with Crippen LogP contribution in [0.4, 0.5) is 20.2 Å². The lowest BCUT2D eigenvalue weighted by Crippen LogP contribution is -2.26. The van der Waals surface area contributed by atoms with Gasteiger partial charge in [-0.25, -0.2) is 14.3 Å². The molecule has 2 aromatic rings. The van der Waals surface area contributed by atoms with Gasteiger partial charge in [0, 0.05) is 5.56 Å². The molecule has 0 saturated carbocycles. The van der Waals surface area contributed by atoms with Gasteiger partial charge in [-0.1, -0.05) is 17.5 Å². The number of anilines is 2. The Morgan fingerprint density at radius 1 is 1.32 bits per heavy atom. The molecule has 0 bridgehead atoms. The number of amides is 1. The first-order chi connectivity index (χ1) is 12.0. The minimum Gasteiger partial charge on any atom is -0.394 e. The lowest BCUT2D eigenvalue weighted by molar-refractivity contribution is 0.0168. The normalized spacial score (nSPS) is 10.2. The monoisotopic (exact) mass is 366 g/mol. The Labute approximate surface area is 147 Å². The molecule has 8 heteroatoms. The fraction of sp³-hybridized carbons (Fsp3) is 0.118. The second-order valence-corrected chi connectivity index (χ2v) is 5.16.